The summed E-state index contributed by atoms with van der Waals surface area (Å²) in [5, 5.41) is 18.5. The molecule has 8 nitrogen and oxygen atoms in total. The number of anilines is 6. The number of aryl methyl sites for hydroxylation is 2. The maximum absolute atomic E-state index is 4.66. The molecular formula is C42H36N8. The molecule has 0 spiro atoms. The van der Waals surface area contributed by atoms with Crippen LogP contribution in [0.2, 0.25) is 0 Å². The van der Waals surface area contributed by atoms with Crippen LogP contribution in [-0.4, -0.2) is 29.2 Å². The lowest BCUT2D eigenvalue weighted by Crippen LogP contribution is -2.31. The minimum absolute atomic E-state index is 0.177. The standard InChI is InChI=1S/C42H36N8/c1-25-43-45-39-40-46-44-26(2)48(40)38-36(47(25)39)23-27(49-32-19-11-7-15-28(32)41(3,4)29-16-8-12-20-33(29)49)24-37(38)50-34-21-13-9-17-30(34)42(5,6)31-18-10-14-22-35(31)50/h7-24H,1-6H3. The van der Waals surface area contributed by atoms with E-state index in [0.29, 0.717) is 11.3 Å². The summed E-state index contributed by atoms with van der Waals surface area (Å²) in [4.78, 5) is 4.87. The van der Waals surface area contributed by atoms with E-state index in [1.807, 2.05) is 13.8 Å². The topological polar surface area (TPSA) is 66.9 Å². The molecule has 0 bridgehead atoms. The van der Waals surface area contributed by atoms with Gasteiger partial charge in [0.1, 0.15) is 11.6 Å². The smallest absolute Gasteiger partial charge is 0.207 e. The number of aromatic nitrogens is 6. The molecule has 5 heterocycles. The molecule has 0 radical (unpaired) electrons. The Morgan fingerprint density at radius 3 is 1.32 bits per heavy atom. The lowest BCUT2D eigenvalue weighted by molar-refractivity contribution is 0.631. The molecule has 8 heteroatoms. The van der Waals surface area contributed by atoms with E-state index >= 15 is 0 Å². The van der Waals surface area contributed by atoms with Gasteiger partial charge in [0.15, 0.2) is 0 Å². The number of hydrogen-bond donors (Lipinski definition) is 0. The van der Waals surface area contributed by atoms with E-state index in [0.717, 1.165) is 45.4 Å². The monoisotopic (exact) mass is 652 g/mol. The summed E-state index contributed by atoms with van der Waals surface area (Å²) in [6.07, 6.45) is 0. The highest BCUT2D eigenvalue weighted by Gasteiger charge is 2.40. The van der Waals surface area contributed by atoms with Gasteiger partial charge in [0.25, 0.3) is 0 Å². The van der Waals surface area contributed by atoms with Gasteiger partial charge in [-0.2, -0.15) is 0 Å². The second-order valence-electron chi connectivity index (χ2n) is 14.6. The van der Waals surface area contributed by atoms with Gasteiger partial charge in [0.2, 0.25) is 11.3 Å². The van der Waals surface area contributed by atoms with Crippen LogP contribution in [0.25, 0.3) is 22.3 Å². The van der Waals surface area contributed by atoms with E-state index in [2.05, 4.69) is 176 Å². The molecule has 0 aliphatic carbocycles. The molecule has 0 saturated heterocycles. The average molecular weight is 653 g/mol. The molecule has 0 saturated carbocycles. The molecule has 0 unspecified atom stereocenters. The fourth-order valence-electron chi connectivity index (χ4n) is 8.74. The Balaban J connectivity index is 1.40. The van der Waals surface area contributed by atoms with Crippen molar-refractivity contribution >= 4 is 56.5 Å². The Bertz CT molecular complexity index is 2610. The number of fused-ring (bicyclic) bond motifs is 10. The first kappa shape index (κ1) is 28.9. The molecule has 2 aliphatic rings. The van der Waals surface area contributed by atoms with E-state index in [9.17, 15) is 0 Å². The van der Waals surface area contributed by atoms with Gasteiger partial charge in [-0.15, -0.1) is 20.4 Å². The molecule has 0 N–H and O–H groups in total. The SMILES string of the molecule is Cc1nnc2c3nnc(C)n3c3c(N4c5ccccc5C(C)(C)c5ccccc54)cc(N4c5ccccc5C(C)(C)c5ccccc54)cc3n12. The fourth-order valence-corrected chi connectivity index (χ4v) is 8.74. The summed E-state index contributed by atoms with van der Waals surface area (Å²) in [5.74, 6) is 1.58. The Labute approximate surface area is 290 Å². The minimum Gasteiger partial charge on any atom is -0.310 e. The zero-order valence-electron chi connectivity index (χ0n) is 29.0. The number of nitrogens with zero attached hydrogens (tertiary/aromatic N) is 8. The van der Waals surface area contributed by atoms with Crippen molar-refractivity contribution in [2.75, 3.05) is 9.80 Å². The van der Waals surface area contributed by atoms with Crippen molar-refractivity contribution in [1.82, 2.24) is 29.2 Å². The summed E-state index contributed by atoms with van der Waals surface area (Å²) in [7, 11) is 0. The van der Waals surface area contributed by atoms with Crippen LogP contribution in [-0.2, 0) is 10.8 Å². The van der Waals surface area contributed by atoms with Gasteiger partial charge in [-0.05, 0) is 72.5 Å². The Hall–Kier alpha value is -6.02. The molecule has 50 heavy (non-hydrogen) atoms. The first-order chi connectivity index (χ1) is 24.2. The predicted molar refractivity (Wildman–Crippen MR) is 200 cm³/mol. The normalized spacial score (nSPS) is 15.6. The van der Waals surface area contributed by atoms with Crippen LogP contribution in [0.15, 0.2) is 109 Å². The maximum Gasteiger partial charge on any atom is 0.207 e. The summed E-state index contributed by atoms with van der Waals surface area (Å²) >= 11 is 0. The third-order valence-corrected chi connectivity index (χ3v) is 11.1. The molecule has 0 atom stereocenters. The van der Waals surface area contributed by atoms with Gasteiger partial charge in [0.05, 0.1) is 45.2 Å². The first-order valence-electron chi connectivity index (χ1n) is 17.2. The summed E-state index contributed by atoms with van der Waals surface area (Å²) in [6, 6.07) is 39.9. The van der Waals surface area contributed by atoms with Crippen LogP contribution in [0.3, 0.4) is 0 Å². The largest absolute Gasteiger partial charge is 0.310 e. The highest BCUT2D eigenvalue weighted by atomic mass is 15.3. The van der Waals surface area contributed by atoms with Crippen molar-refractivity contribution in [2.45, 2.75) is 52.4 Å². The summed E-state index contributed by atoms with van der Waals surface area (Å²) < 4.78 is 4.30. The number of para-hydroxylation sites is 4. The van der Waals surface area contributed by atoms with Crippen molar-refractivity contribution in [1.29, 1.82) is 0 Å². The van der Waals surface area contributed by atoms with Crippen molar-refractivity contribution in [3.63, 3.8) is 0 Å². The van der Waals surface area contributed by atoms with Crippen LogP contribution < -0.4 is 9.80 Å². The van der Waals surface area contributed by atoms with Gasteiger partial charge in [0, 0.05) is 10.8 Å². The minimum atomic E-state index is -0.201. The molecule has 8 aromatic rings. The molecule has 244 valence electrons. The van der Waals surface area contributed by atoms with Crippen molar-refractivity contribution < 1.29 is 0 Å². The second-order valence-corrected chi connectivity index (χ2v) is 14.6. The molecule has 2 aliphatic heterocycles. The maximum atomic E-state index is 4.66. The van der Waals surface area contributed by atoms with Crippen LogP contribution >= 0.6 is 0 Å². The molecular weight excluding hydrogens is 617 g/mol. The fraction of sp³-hybridized carbons (Fsp3) is 0.190. The number of benzene rings is 5. The van der Waals surface area contributed by atoms with E-state index < -0.39 is 0 Å². The van der Waals surface area contributed by atoms with Crippen LogP contribution in [0.5, 0.6) is 0 Å². The Kier molecular flexibility index (Phi) is 5.66. The van der Waals surface area contributed by atoms with E-state index in [-0.39, 0.29) is 10.8 Å². The Morgan fingerprint density at radius 1 is 0.440 bits per heavy atom. The van der Waals surface area contributed by atoms with Crippen LogP contribution in [0, 0.1) is 13.8 Å². The summed E-state index contributed by atoms with van der Waals surface area (Å²) in [6.45, 7) is 13.3. The van der Waals surface area contributed by atoms with Crippen LogP contribution in [0.4, 0.5) is 34.1 Å². The lowest BCUT2D eigenvalue weighted by atomic mass is 9.73. The highest BCUT2D eigenvalue weighted by molar-refractivity contribution is 6.04. The molecule has 5 aromatic carbocycles. The zero-order valence-corrected chi connectivity index (χ0v) is 29.0. The summed E-state index contributed by atoms with van der Waals surface area (Å²) in [5.41, 5.74) is 14.8. The van der Waals surface area contributed by atoms with E-state index in [1.54, 1.807) is 0 Å². The van der Waals surface area contributed by atoms with Gasteiger partial charge in [-0.25, -0.2) is 0 Å². The number of hydrogen-bond acceptors (Lipinski definition) is 6. The molecule has 10 rings (SSSR count). The van der Waals surface area contributed by atoms with Gasteiger partial charge in [-0.1, -0.05) is 100 Å². The number of rotatable bonds is 2. The van der Waals surface area contributed by atoms with Crippen molar-refractivity contribution in [2.24, 2.45) is 0 Å². The second kappa shape index (κ2) is 9.79. The van der Waals surface area contributed by atoms with Gasteiger partial charge >= 0.3 is 0 Å². The lowest BCUT2D eigenvalue weighted by Gasteiger charge is -2.43. The molecule has 3 aromatic heterocycles. The quantitative estimate of drug-likeness (QED) is 0.185. The zero-order chi connectivity index (χ0) is 34.1. The molecule has 0 fully saturated rings. The average Bonchev–Trinajstić information content (AvgIpc) is 3.71. The van der Waals surface area contributed by atoms with Gasteiger partial charge in [-0.3, -0.25) is 8.80 Å². The molecule has 0 amide bonds. The van der Waals surface area contributed by atoms with Crippen molar-refractivity contribution in [3.8, 4) is 0 Å². The third kappa shape index (κ3) is 3.60. The van der Waals surface area contributed by atoms with E-state index in [4.69, 9.17) is 0 Å². The van der Waals surface area contributed by atoms with E-state index in [1.165, 1.54) is 33.6 Å². The van der Waals surface area contributed by atoms with Crippen molar-refractivity contribution in [3.05, 3.63) is 143 Å². The Morgan fingerprint density at radius 2 is 0.840 bits per heavy atom. The first-order valence-corrected chi connectivity index (χ1v) is 17.2. The third-order valence-electron chi connectivity index (χ3n) is 11.1. The highest BCUT2D eigenvalue weighted by Crippen LogP contribution is 2.56. The predicted octanol–water partition coefficient (Wildman–Crippen LogP) is 9.76. The van der Waals surface area contributed by atoms with Gasteiger partial charge < -0.3 is 9.80 Å². The van der Waals surface area contributed by atoms with Crippen LogP contribution in [0.1, 0.15) is 61.6 Å².